The van der Waals surface area contributed by atoms with E-state index in [0.717, 1.165) is 84.9 Å². The van der Waals surface area contributed by atoms with Crippen molar-refractivity contribution in [1.82, 2.24) is 25.1 Å². The molecule has 0 spiro atoms. The fourth-order valence-corrected chi connectivity index (χ4v) is 5.05. The molecule has 0 aliphatic heterocycles. The number of para-hydroxylation sites is 1. The highest BCUT2D eigenvalue weighted by atomic mass is 16.2. The van der Waals surface area contributed by atoms with E-state index in [0.29, 0.717) is 11.5 Å². The summed E-state index contributed by atoms with van der Waals surface area (Å²) in [6.45, 7) is 0.757. The van der Waals surface area contributed by atoms with Gasteiger partial charge in [0.25, 0.3) is 5.91 Å². The number of carbonyl (C=O) groups excluding carboxylic acids is 2. The predicted octanol–water partition coefficient (Wildman–Crippen LogP) is 6.30. The summed E-state index contributed by atoms with van der Waals surface area (Å²) in [5, 5.41) is 14.2. The molecule has 0 unspecified atom stereocenters. The van der Waals surface area contributed by atoms with E-state index in [1.165, 1.54) is 0 Å². The fourth-order valence-electron chi connectivity index (χ4n) is 5.05. The minimum absolute atomic E-state index is 0.209. The molecular weight excluding hydrogens is 512 g/mol. The zero-order valence-electron chi connectivity index (χ0n) is 23.0. The first kappa shape index (κ1) is 26.5. The summed E-state index contributed by atoms with van der Waals surface area (Å²) in [6.07, 6.45) is 10.8. The van der Waals surface area contributed by atoms with Gasteiger partial charge < -0.3 is 5.32 Å². The van der Waals surface area contributed by atoms with E-state index in [-0.39, 0.29) is 17.7 Å². The molecule has 41 heavy (non-hydrogen) atoms. The Balaban J connectivity index is 1.11. The third-order valence-electron chi connectivity index (χ3n) is 7.52. The first-order chi connectivity index (χ1) is 20.1. The van der Waals surface area contributed by atoms with E-state index in [1.54, 1.807) is 6.20 Å². The SMILES string of the molecule is O=C(Nc1nc(CCCCCCNC(=O)C2CC2)cn1-c1ccccc1)c1cccc(-c2ccc3[nH]ncc3c2)c1. The number of anilines is 1. The quantitative estimate of drug-likeness (QED) is 0.160. The number of imidazole rings is 1. The van der Waals surface area contributed by atoms with Gasteiger partial charge >= 0.3 is 0 Å². The lowest BCUT2D eigenvalue weighted by atomic mass is 10.0. The fraction of sp³-hybridized carbons (Fsp3) is 0.273. The normalized spacial score (nSPS) is 12.9. The molecule has 2 aromatic heterocycles. The second-order valence-electron chi connectivity index (χ2n) is 10.7. The lowest BCUT2D eigenvalue weighted by Gasteiger charge is -2.10. The van der Waals surface area contributed by atoms with Gasteiger partial charge in [0.1, 0.15) is 0 Å². The molecule has 208 valence electrons. The van der Waals surface area contributed by atoms with Crippen LogP contribution in [0.2, 0.25) is 0 Å². The number of carbonyl (C=O) groups is 2. The topological polar surface area (TPSA) is 105 Å². The largest absolute Gasteiger partial charge is 0.356 e. The molecule has 1 aliphatic carbocycles. The Bertz CT molecular complexity index is 1650. The highest BCUT2D eigenvalue weighted by Crippen LogP contribution is 2.29. The number of benzene rings is 3. The van der Waals surface area contributed by atoms with Crippen LogP contribution >= 0.6 is 0 Å². The van der Waals surface area contributed by atoms with Crippen molar-refractivity contribution < 1.29 is 9.59 Å². The second kappa shape index (κ2) is 12.2. The van der Waals surface area contributed by atoms with Crippen LogP contribution in [0.5, 0.6) is 0 Å². The molecule has 0 saturated heterocycles. The van der Waals surface area contributed by atoms with Crippen LogP contribution in [0, 0.1) is 5.92 Å². The molecule has 2 heterocycles. The number of aryl methyl sites for hydroxylation is 1. The molecule has 6 rings (SSSR count). The summed E-state index contributed by atoms with van der Waals surface area (Å²) in [7, 11) is 0. The summed E-state index contributed by atoms with van der Waals surface area (Å²) < 4.78 is 1.94. The standard InChI is InChI=1S/C33H34N6O2/c40-31(23-14-15-23)34-18-7-2-1-4-11-28-22-39(29-12-5-3-6-13-29)33(36-28)37-32(41)26-10-8-9-24(19-26)25-16-17-30-27(20-25)21-35-38-30/h3,5-6,8-10,12-13,16-17,19-23H,1-2,4,7,11,14-15,18H2,(H,34,40)(H,35,38)(H,36,37,41). The second-order valence-corrected chi connectivity index (χ2v) is 10.7. The molecule has 3 N–H and O–H groups in total. The Hall–Kier alpha value is -4.72. The number of hydrogen-bond donors (Lipinski definition) is 3. The van der Waals surface area contributed by atoms with Gasteiger partial charge in [0.15, 0.2) is 0 Å². The maximum absolute atomic E-state index is 13.4. The minimum Gasteiger partial charge on any atom is -0.356 e. The van der Waals surface area contributed by atoms with E-state index in [1.807, 2.05) is 77.5 Å². The number of amides is 2. The Morgan fingerprint density at radius 1 is 0.902 bits per heavy atom. The number of H-pyrrole nitrogens is 1. The average Bonchev–Trinajstić information content (AvgIpc) is 3.63. The third-order valence-corrected chi connectivity index (χ3v) is 7.52. The van der Waals surface area contributed by atoms with Gasteiger partial charge in [0, 0.05) is 35.3 Å². The summed E-state index contributed by atoms with van der Waals surface area (Å²) >= 11 is 0. The van der Waals surface area contributed by atoms with Crippen LogP contribution in [0.25, 0.3) is 27.7 Å². The van der Waals surface area contributed by atoms with E-state index in [4.69, 9.17) is 4.98 Å². The smallest absolute Gasteiger partial charge is 0.258 e. The molecule has 0 radical (unpaired) electrons. The van der Waals surface area contributed by atoms with Gasteiger partial charge in [-0.2, -0.15) is 5.10 Å². The monoisotopic (exact) mass is 546 g/mol. The van der Waals surface area contributed by atoms with Crippen LogP contribution in [0.3, 0.4) is 0 Å². The van der Waals surface area contributed by atoms with Gasteiger partial charge in [0.05, 0.1) is 17.4 Å². The van der Waals surface area contributed by atoms with Gasteiger partial charge in [-0.15, -0.1) is 0 Å². The maximum Gasteiger partial charge on any atom is 0.258 e. The number of nitrogens with zero attached hydrogens (tertiary/aromatic N) is 3. The van der Waals surface area contributed by atoms with Gasteiger partial charge in [0.2, 0.25) is 11.9 Å². The first-order valence-corrected chi connectivity index (χ1v) is 14.4. The van der Waals surface area contributed by atoms with Crippen LogP contribution in [-0.2, 0) is 11.2 Å². The molecule has 8 nitrogen and oxygen atoms in total. The maximum atomic E-state index is 13.4. The van der Waals surface area contributed by atoms with Crippen molar-refractivity contribution in [3.8, 4) is 16.8 Å². The van der Waals surface area contributed by atoms with E-state index < -0.39 is 0 Å². The van der Waals surface area contributed by atoms with Crippen LogP contribution < -0.4 is 10.6 Å². The molecule has 0 bridgehead atoms. The summed E-state index contributed by atoms with van der Waals surface area (Å²) in [5.41, 5.74) is 5.40. The highest BCUT2D eigenvalue weighted by molar-refractivity contribution is 6.04. The number of nitrogens with one attached hydrogen (secondary N) is 3. The first-order valence-electron chi connectivity index (χ1n) is 14.4. The van der Waals surface area contributed by atoms with Crippen LogP contribution in [0.15, 0.2) is 85.2 Å². The minimum atomic E-state index is -0.209. The van der Waals surface area contributed by atoms with Crippen LogP contribution in [-0.4, -0.2) is 38.1 Å². The van der Waals surface area contributed by atoms with E-state index in [9.17, 15) is 9.59 Å². The third kappa shape index (κ3) is 6.54. The molecule has 1 fully saturated rings. The number of rotatable bonds is 12. The van der Waals surface area contributed by atoms with Crippen molar-refractivity contribution in [3.63, 3.8) is 0 Å². The van der Waals surface area contributed by atoms with Gasteiger partial charge in [-0.05, 0) is 79.6 Å². The van der Waals surface area contributed by atoms with E-state index in [2.05, 4.69) is 26.9 Å². The molecule has 8 heteroatoms. The molecule has 3 aromatic carbocycles. The van der Waals surface area contributed by atoms with Crippen molar-refractivity contribution in [3.05, 3.63) is 96.4 Å². The summed E-state index contributed by atoms with van der Waals surface area (Å²) in [5.74, 6) is 0.780. The Labute approximate surface area is 239 Å². The zero-order chi connectivity index (χ0) is 28.0. The summed E-state index contributed by atoms with van der Waals surface area (Å²) in [6, 6.07) is 23.6. The predicted molar refractivity (Wildman–Crippen MR) is 161 cm³/mol. The van der Waals surface area contributed by atoms with E-state index >= 15 is 0 Å². The molecular formula is C33H34N6O2. The van der Waals surface area contributed by atoms with Crippen molar-refractivity contribution in [2.45, 2.75) is 44.9 Å². The number of fused-ring (bicyclic) bond motifs is 1. The van der Waals surface area contributed by atoms with Crippen molar-refractivity contribution in [2.24, 2.45) is 5.92 Å². The lowest BCUT2D eigenvalue weighted by molar-refractivity contribution is -0.122. The van der Waals surface area contributed by atoms with Crippen molar-refractivity contribution in [2.75, 3.05) is 11.9 Å². The average molecular weight is 547 g/mol. The number of unbranched alkanes of at least 4 members (excludes halogenated alkanes) is 3. The van der Waals surface area contributed by atoms with Gasteiger partial charge in [-0.3, -0.25) is 24.6 Å². The summed E-state index contributed by atoms with van der Waals surface area (Å²) in [4.78, 5) is 30.0. The highest BCUT2D eigenvalue weighted by Gasteiger charge is 2.28. The molecule has 2 amide bonds. The number of aromatic amines is 1. The van der Waals surface area contributed by atoms with Crippen LogP contribution in [0.4, 0.5) is 5.95 Å². The molecule has 5 aromatic rings. The van der Waals surface area contributed by atoms with Crippen molar-refractivity contribution in [1.29, 1.82) is 0 Å². The lowest BCUT2D eigenvalue weighted by Crippen LogP contribution is -2.25. The Morgan fingerprint density at radius 2 is 1.73 bits per heavy atom. The number of aromatic nitrogens is 4. The Morgan fingerprint density at radius 3 is 2.59 bits per heavy atom. The van der Waals surface area contributed by atoms with Gasteiger partial charge in [-0.1, -0.05) is 49.2 Å². The Kier molecular flexibility index (Phi) is 7.89. The molecule has 1 aliphatic rings. The number of hydrogen-bond acceptors (Lipinski definition) is 4. The van der Waals surface area contributed by atoms with Crippen LogP contribution in [0.1, 0.15) is 54.6 Å². The van der Waals surface area contributed by atoms with Crippen molar-refractivity contribution >= 4 is 28.7 Å². The molecule has 1 saturated carbocycles. The zero-order valence-corrected chi connectivity index (χ0v) is 23.0. The molecule has 0 atom stereocenters. The van der Waals surface area contributed by atoms with Gasteiger partial charge in [-0.25, -0.2) is 4.98 Å².